The van der Waals surface area contributed by atoms with E-state index in [-0.39, 0.29) is 17.7 Å². The van der Waals surface area contributed by atoms with Crippen LogP contribution in [0.4, 0.5) is 0 Å². The predicted molar refractivity (Wildman–Crippen MR) is 38.1 cm³/mol. The van der Waals surface area contributed by atoms with E-state index in [2.05, 4.69) is 0 Å². The Hall–Kier alpha value is -0.570. The average Bonchev–Trinajstić information content (AvgIpc) is 2.37. The fourth-order valence-corrected chi connectivity index (χ4v) is 1.92. The van der Waals surface area contributed by atoms with E-state index in [0.717, 1.165) is 0 Å². The molecular weight excluding hydrogens is 144 g/mol. The molecule has 0 aliphatic carbocycles. The molecule has 0 aromatic heterocycles. The summed E-state index contributed by atoms with van der Waals surface area (Å²) in [6.45, 7) is 5.74. The van der Waals surface area contributed by atoms with Crippen molar-refractivity contribution in [1.29, 1.82) is 0 Å². The largest absolute Gasteiger partial charge is 0.457 e. The number of cyclic esters (lactones) is 1. The Morgan fingerprint density at radius 3 is 2.64 bits per heavy atom. The zero-order valence-corrected chi connectivity index (χ0v) is 7.01. The number of carbonyl (C=O) groups is 1. The normalized spacial score (nSPS) is 46.1. The van der Waals surface area contributed by atoms with Gasteiger partial charge in [0, 0.05) is 0 Å². The van der Waals surface area contributed by atoms with Gasteiger partial charge in [-0.25, -0.2) is 0 Å². The van der Waals surface area contributed by atoms with Gasteiger partial charge in [0.1, 0.15) is 17.3 Å². The minimum absolute atomic E-state index is 0.104. The quantitative estimate of drug-likeness (QED) is 0.386. The molecule has 3 nitrogen and oxygen atoms in total. The third-order valence-electron chi connectivity index (χ3n) is 2.39. The van der Waals surface area contributed by atoms with Crippen molar-refractivity contribution in [1.82, 2.24) is 0 Å². The number of fused-ring (bicyclic) bond motifs is 1. The molecule has 0 amide bonds. The van der Waals surface area contributed by atoms with Crippen LogP contribution in [0.1, 0.15) is 27.2 Å². The zero-order valence-electron chi connectivity index (χ0n) is 7.01. The highest BCUT2D eigenvalue weighted by Crippen LogP contribution is 2.50. The first-order valence-electron chi connectivity index (χ1n) is 3.84. The Labute approximate surface area is 65.7 Å². The monoisotopic (exact) mass is 156 g/mol. The number of rotatable bonds is 0. The van der Waals surface area contributed by atoms with Crippen molar-refractivity contribution >= 4 is 5.97 Å². The van der Waals surface area contributed by atoms with Crippen molar-refractivity contribution in [2.24, 2.45) is 0 Å². The number of epoxide rings is 1. The standard InChI is InChI=1S/C8H12O3/c1-7(2)6-8(3,11-6)4-5(9)10-7/h6H,4H2,1-3H3/t6-,8-/m0/s1. The van der Waals surface area contributed by atoms with Crippen LogP contribution in [0.25, 0.3) is 0 Å². The summed E-state index contributed by atoms with van der Waals surface area (Å²) in [6, 6.07) is 0. The minimum Gasteiger partial charge on any atom is -0.457 e. The van der Waals surface area contributed by atoms with E-state index in [1.165, 1.54) is 0 Å². The molecule has 0 radical (unpaired) electrons. The van der Waals surface area contributed by atoms with Gasteiger partial charge in [-0.15, -0.1) is 0 Å². The molecule has 0 aromatic rings. The molecule has 2 heterocycles. The van der Waals surface area contributed by atoms with Crippen LogP contribution in [-0.4, -0.2) is 23.3 Å². The van der Waals surface area contributed by atoms with E-state index < -0.39 is 5.60 Å². The zero-order chi connectivity index (χ0) is 8.28. The van der Waals surface area contributed by atoms with Crippen LogP contribution in [0.5, 0.6) is 0 Å². The highest BCUT2D eigenvalue weighted by molar-refractivity contribution is 5.73. The maximum Gasteiger partial charge on any atom is 0.309 e. The maximum absolute atomic E-state index is 11.0. The fourth-order valence-electron chi connectivity index (χ4n) is 1.92. The Bertz CT molecular complexity index is 221. The lowest BCUT2D eigenvalue weighted by molar-refractivity contribution is -0.161. The van der Waals surface area contributed by atoms with Crippen LogP contribution in [0.2, 0.25) is 0 Å². The Balaban J connectivity index is 2.24. The molecule has 0 saturated carbocycles. The summed E-state index contributed by atoms with van der Waals surface area (Å²) in [7, 11) is 0. The lowest BCUT2D eigenvalue weighted by atomic mass is 9.90. The molecule has 0 bridgehead atoms. The molecule has 0 aromatic carbocycles. The third-order valence-corrected chi connectivity index (χ3v) is 2.39. The first-order chi connectivity index (χ1) is 4.94. The Morgan fingerprint density at radius 2 is 2.09 bits per heavy atom. The summed E-state index contributed by atoms with van der Waals surface area (Å²) in [5.74, 6) is -0.147. The molecule has 2 saturated heterocycles. The van der Waals surface area contributed by atoms with Crippen LogP contribution in [0.3, 0.4) is 0 Å². The lowest BCUT2D eigenvalue weighted by Gasteiger charge is -2.28. The minimum atomic E-state index is -0.427. The average molecular weight is 156 g/mol. The number of carbonyl (C=O) groups excluding carboxylic acids is 1. The van der Waals surface area contributed by atoms with Gasteiger partial charge in [-0.05, 0) is 20.8 Å². The SMILES string of the molecule is CC1(C)OC(=O)C[C@]2(C)O[C@@H]12. The van der Waals surface area contributed by atoms with Gasteiger partial charge in [0.05, 0.1) is 6.42 Å². The number of hydrogen-bond donors (Lipinski definition) is 0. The molecule has 62 valence electrons. The number of ether oxygens (including phenoxy) is 2. The molecule has 2 aliphatic rings. The molecule has 0 N–H and O–H groups in total. The van der Waals surface area contributed by atoms with Crippen LogP contribution in [-0.2, 0) is 14.3 Å². The van der Waals surface area contributed by atoms with Crippen LogP contribution in [0.15, 0.2) is 0 Å². The van der Waals surface area contributed by atoms with E-state index in [0.29, 0.717) is 6.42 Å². The van der Waals surface area contributed by atoms with Crippen LogP contribution >= 0.6 is 0 Å². The third kappa shape index (κ3) is 0.872. The van der Waals surface area contributed by atoms with Crippen molar-refractivity contribution in [3.63, 3.8) is 0 Å². The van der Waals surface area contributed by atoms with Crippen molar-refractivity contribution in [3.05, 3.63) is 0 Å². The maximum atomic E-state index is 11.0. The van der Waals surface area contributed by atoms with Crippen molar-refractivity contribution in [2.75, 3.05) is 0 Å². The summed E-state index contributed by atoms with van der Waals surface area (Å²) >= 11 is 0. The van der Waals surface area contributed by atoms with Gasteiger partial charge in [0.2, 0.25) is 0 Å². The van der Waals surface area contributed by atoms with Crippen molar-refractivity contribution in [2.45, 2.75) is 44.5 Å². The summed E-state index contributed by atoms with van der Waals surface area (Å²) < 4.78 is 10.5. The van der Waals surface area contributed by atoms with Crippen molar-refractivity contribution in [3.8, 4) is 0 Å². The molecule has 0 unspecified atom stereocenters. The van der Waals surface area contributed by atoms with E-state index in [9.17, 15) is 4.79 Å². The predicted octanol–water partition coefficient (Wildman–Crippen LogP) is 0.869. The van der Waals surface area contributed by atoms with Gasteiger partial charge >= 0.3 is 5.97 Å². The second kappa shape index (κ2) is 1.61. The number of hydrogen-bond acceptors (Lipinski definition) is 3. The van der Waals surface area contributed by atoms with Crippen LogP contribution in [0, 0.1) is 0 Å². The summed E-state index contributed by atoms with van der Waals surface area (Å²) in [5, 5.41) is 0. The molecular formula is C8H12O3. The van der Waals surface area contributed by atoms with Crippen LogP contribution < -0.4 is 0 Å². The van der Waals surface area contributed by atoms with E-state index in [1.54, 1.807) is 0 Å². The van der Waals surface area contributed by atoms with Gasteiger partial charge in [0.15, 0.2) is 0 Å². The van der Waals surface area contributed by atoms with Gasteiger partial charge in [-0.3, -0.25) is 4.79 Å². The molecule has 11 heavy (non-hydrogen) atoms. The molecule has 2 atom stereocenters. The molecule has 2 rings (SSSR count). The molecule has 2 fully saturated rings. The second-order valence-electron chi connectivity index (χ2n) is 4.06. The van der Waals surface area contributed by atoms with Gasteiger partial charge < -0.3 is 9.47 Å². The van der Waals surface area contributed by atoms with E-state index in [1.807, 2.05) is 20.8 Å². The summed E-state index contributed by atoms with van der Waals surface area (Å²) in [4.78, 5) is 11.0. The highest BCUT2D eigenvalue weighted by Gasteiger charge is 2.65. The first-order valence-corrected chi connectivity index (χ1v) is 3.84. The topological polar surface area (TPSA) is 38.8 Å². The summed E-state index contributed by atoms with van der Waals surface area (Å²) in [6.07, 6.45) is 0.508. The van der Waals surface area contributed by atoms with Gasteiger partial charge in [-0.2, -0.15) is 0 Å². The smallest absolute Gasteiger partial charge is 0.309 e. The van der Waals surface area contributed by atoms with Gasteiger partial charge in [-0.1, -0.05) is 0 Å². The lowest BCUT2D eigenvalue weighted by Crippen LogP contribution is -2.43. The Kier molecular flexibility index (Phi) is 1.04. The van der Waals surface area contributed by atoms with Gasteiger partial charge in [0.25, 0.3) is 0 Å². The molecule has 3 heteroatoms. The molecule has 0 spiro atoms. The van der Waals surface area contributed by atoms with E-state index >= 15 is 0 Å². The fraction of sp³-hybridized carbons (Fsp3) is 0.875. The highest BCUT2D eigenvalue weighted by atomic mass is 16.7. The number of esters is 1. The first kappa shape index (κ1) is 7.10. The van der Waals surface area contributed by atoms with E-state index in [4.69, 9.17) is 9.47 Å². The summed E-state index contributed by atoms with van der Waals surface area (Å²) in [5.41, 5.74) is -0.650. The molecule has 2 aliphatic heterocycles. The Morgan fingerprint density at radius 1 is 1.45 bits per heavy atom. The second-order valence-corrected chi connectivity index (χ2v) is 4.06. The van der Waals surface area contributed by atoms with Crippen molar-refractivity contribution < 1.29 is 14.3 Å².